The van der Waals surface area contributed by atoms with Crippen LogP contribution in [0.2, 0.25) is 5.02 Å². The maximum Gasteiger partial charge on any atom is 0.264 e. The van der Waals surface area contributed by atoms with Crippen molar-refractivity contribution in [3.63, 3.8) is 0 Å². The van der Waals surface area contributed by atoms with E-state index in [2.05, 4.69) is 5.32 Å². The van der Waals surface area contributed by atoms with Crippen molar-refractivity contribution < 1.29 is 18.0 Å². The topological polar surface area (TPSA) is 86.8 Å². The van der Waals surface area contributed by atoms with Crippen molar-refractivity contribution in [2.75, 3.05) is 17.4 Å². The third-order valence-corrected chi connectivity index (χ3v) is 9.47. The van der Waals surface area contributed by atoms with Crippen molar-refractivity contribution in [1.82, 2.24) is 10.2 Å². The zero-order chi connectivity index (χ0) is 32.6. The molecule has 1 atom stereocenters. The Morgan fingerprint density at radius 2 is 1.36 bits per heavy atom. The number of sulfonamides is 1. The third kappa shape index (κ3) is 9.19. The summed E-state index contributed by atoms with van der Waals surface area (Å²) in [4.78, 5) is 29.9. The summed E-state index contributed by atoms with van der Waals surface area (Å²) in [6.07, 6.45) is 0.249. The molecule has 7 nitrogen and oxygen atoms in total. The van der Waals surface area contributed by atoms with E-state index in [4.69, 9.17) is 11.6 Å². The van der Waals surface area contributed by atoms with Crippen LogP contribution in [0.1, 0.15) is 36.1 Å². The molecule has 0 saturated heterocycles. The number of nitrogens with zero attached hydrogens (tertiary/aromatic N) is 2. The number of anilines is 1. The molecule has 9 heteroatoms. The molecule has 4 aromatic carbocycles. The van der Waals surface area contributed by atoms with Gasteiger partial charge >= 0.3 is 0 Å². The average Bonchev–Trinajstić information content (AvgIpc) is 3.02. The van der Waals surface area contributed by atoms with Crippen molar-refractivity contribution in [2.24, 2.45) is 5.92 Å². The molecule has 45 heavy (non-hydrogen) atoms. The molecule has 0 fully saturated rings. The smallest absolute Gasteiger partial charge is 0.264 e. The van der Waals surface area contributed by atoms with Crippen LogP contribution in [0.15, 0.2) is 108 Å². The highest BCUT2D eigenvalue weighted by atomic mass is 35.5. The van der Waals surface area contributed by atoms with Gasteiger partial charge in [0.05, 0.1) is 10.6 Å². The molecule has 0 aromatic heterocycles. The molecule has 0 aliphatic carbocycles. The van der Waals surface area contributed by atoms with Gasteiger partial charge in [0.2, 0.25) is 11.8 Å². The summed E-state index contributed by atoms with van der Waals surface area (Å²) in [5, 5.41) is 3.54. The maximum absolute atomic E-state index is 14.5. The van der Waals surface area contributed by atoms with Crippen molar-refractivity contribution in [3.8, 4) is 0 Å². The second-order valence-corrected chi connectivity index (χ2v) is 14.0. The van der Waals surface area contributed by atoms with Gasteiger partial charge in [0.25, 0.3) is 10.0 Å². The van der Waals surface area contributed by atoms with Crippen LogP contribution in [0, 0.1) is 19.8 Å². The molecular formula is C36H40ClN3O4S. The Morgan fingerprint density at radius 1 is 0.778 bits per heavy atom. The van der Waals surface area contributed by atoms with E-state index in [0.717, 1.165) is 26.6 Å². The summed E-state index contributed by atoms with van der Waals surface area (Å²) in [5.41, 5.74) is 3.85. The highest BCUT2D eigenvalue weighted by Gasteiger charge is 2.34. The fourth-order valence-electron chi connectivity index (χ4n) is 4.84. The minimum Gasteiger partial charge on any atom is -0.354 e. The fourth-order valence-corrected chi connectivity index (χ4v) is 6.38. The lowest BCUT2D eigenvalue weighted by Crippen LogP contribution is -2.53. The second-order valence-electron chi connectivity index (χ2n) is 11.7. The van der Waals surface area contributed by atoms with Crippen molar-refractivity contribution in [1.29, 1.82) is 0 Å². The van der Waals surface area contributed by atoms with E-state index < -0.39 is 28.5 Å². The summed E-state index contributed by atoms with van der Waals surface area (Å²) >= 11 is 6.15. The number of carbonyl (C=O) groups is 2. The third-order valence-electron chi connectivity index (χ3n) is 7.43. The first-order chi connectivity index (χ1) is 21.4. The van der Waals surface area contributed by atoms with Crippen LogP contribution in [0.5, 0.6) is 0 Å². The Balaban J connectivity index is 1.79. The Bertz CT molecular complexity index is 1680. The lowest BCUT2D eigenvalue weighted by molar-refractivity contribution is -0.140. The van der Waals surface area contributed by atoms with E-state index in [9.17, 15) is 18.0 Å². The largest absolute Gasteiger partial charge is 0.354 e. The summed E-state index contributed by atoms with van der Waals surface area (Å²) in [5.74, 6) is -0.622. The fraction of sp³-hybridized carbons (Fsp3) is 0.278. The van der Waals surface area contributed by atoms with Crippen LogP contribution < -0.4 is 9.62 Å². The first kappa shape index (κ1) is 33.7. The maximum atomic E-state index is 14.5. The van der Waals surface area contributed by atoms with Crippen LogP contribution in [-0.4, -0.2) is 44.3 Å². The number of hydrogen-bond donors (Lipinski definition) is 1. The predicted molar refractivity (Wildman–Crippen MR) is 181 cm³/mol. The molecule has 0 spiro atoms. The molecule has 0 heterocycles. The first-order valence-electron chi connectivity index (χ1n) is 15.0. The average molecular weight is 646 g/mol. The van der Waals surface area contributed by atoms with E-state index in [1.165, 1.54) is 4.90 Å². The van der Waals surface area contributed by atoms with Gasteiger partial charge in [-0.15, -0.1) is 0 Å². The summed E-state index contributed by atoms with van der Waals surface area (Å²) in [6, 6.07) is 29.2. The highest BCUT2D eigenvalue weighted by Crippen LogP contribution is 2.26. The molecule has 0 radical (unpaired) electrons. The van der Waals surface area contributed by atoms with Gasteiger partial charge < -0.3 is 10.2 Å². The molecule has 4 aromatic rings. The van der Waals surface area contributed by atoms with Crippen LogP contribution in [0.25, 0.3) is 0 Å². The quantitative estimate of drug-likeness (QED) is 0.178. The van der Waals surface area contributed by atoms with Crippen molar-refractivity contribution in [3.05, 3.63) is 130 Å². The number of benzene rings is 4. The van der Waals surface area contributed by atoms with Gasteiger partial charge in [0, 0.05) is 24.5 Å². The minimum atomic E-state index is -4.15. The molecule has 236 valence electrons. The van der Waals surface area contributed by atoms with E-state index in [1.54, 1.807) is 72.8 Å². The normalized spacial score (nSPS) is 12.0. The Morgan fingerprint density at radius 3 is 1.93 bits per heavy atom. The van der Waals surface area contributed by atoms with Gasteiger partial charge in [-0.25, -0.2) is 8.42 Å². The Labute approximate surface area is 271 Å². The Kier molecular flexibility index (Phi) is 11.4. The van der Waals surface area contributed by atoms with Gasteiger partial charge in [0.1, 0.15) is 12.6 Å². The molecule has 0 unspecified atom stereocenters. The van der Waals surface area contributed by atoms with E-state index >= 15 is 0 Å². The number of hydrogen-bond acceptors (Lipinski definition) is 4. The van der Waals surface area contributed by atoms with Gasteiger partial charge in [-0.1, -0.05) is 103 Å². The van der Waals surface area contributed by atoms with Crippen molar-refractivity contribution in [2.45, 2.75) is 51.6 Å². The standard InChI is InChI=1S/C36H40ClN3O4S/c1-26(2)23-38-36(42)34(22-29-8-6-5-7-9-29)39(24-30-14-16-31(37)17-15-30)35(41)25-40(32-18-10-27(3)11-19-32)45(43,44)33-20-12-28(4)13-21-33/h5-21,26,34H,22-25H2,1-4H3,(H,38,42)/t34-/m1/s1. The van der Waals surface area contributed by atoms with Crippen molar-refractivity contribution >= 4 is 39.1 Å². The van der Waals surface area contributed by atoms with Gasteiger partial charge in [-0.05, 0) is 67.3 Å². The number of aryl methyl sites for hydroxylation is 2. The van der Waals surface area contributed by atoms with Crippen LogP contribution in [-0.2, 0) is 32.6 Å². The zero-order valence-electron chi connectivity index (χ0n) is 26.1. The summed E-state index contributed by atoms with van der Waals surface area (Å²) in [6.45, 7) is 7.79. The van der Waals surface area contributed by atoms with E-state index in [-0.39, 0.29) is 29.7 Å². The van der Waals surface area contributed by atoms with Gasteiger partial charge in [0.15, 0.2) is 0 Å². The van der Waals surface area contributed by atoms with Gasteiger partial charge in [-0.3, -0.25) is 13.9 Å². The molecule has 2 amide bonds. The summed E-state index contributed by atoms with van der Waals surface area (Å²) in [7, 11) is -4.15. The van der Waals surface area contributed by atoms with Crippen LogP contribution in [0.4, 0.5) is 5.69 Å². The number of rotatable bonds is 13. The van der Waals surface area contributed by atoms with Crippen LogP contribution >= 0.6 is 11.6 Å². The van der Waals surface area contributed by atoms with E-state index in [0.29, 0.717) is 17.3 Å². The number of carbonyl (C=O) groups excluding carboxylic acids is 2. The number of amides is 2. The summed E-state index contributed by atoms with van der Waals surface area (Å²) < 4.78 is 29.4. The number of halogens is 1. The molecule has 0 bridgehead atoms. The molecule has 0 aliphatic heterocycles. The lowest BCUT2D eigenvalue weighted by atomic mass is 10.0. The molecule has 4 rings (SSSR count). The van der Waals surface area contributed by atoms with Crippen LogP contribution in [0.3, 0.4) is 0 Å². The van der Waals surface area contributed by atoms with E-state index in [1.807, 2.05) is 58.0 Å². The molecule has 0 aliphatic rings. The second kappa shape index (κ2) is 15.2. The monoisotopic (exact) mass is 645 g/mol. The molecule has 0 saturated carbocycles. The van der Waals surface area contributed by atoms with Gasteiger partial charge in [-0.2, -0.15) is 0 Å². The minimum absolute atomic E-state index is 0.0706. The number of nitrogens with one attached hydrogen (secondary N) is 1. The molecule has 1 N–H and O–H groups in total. The predicted octanol–water partition coefficient (Wildman–Crippen LogP) is 6.56. The lowest BCUT2D eigenvalue weighted by Gasteiger charge is -2.34. The first-order valence-corrected chi connectivity index (χ1v) is 16.8. The highest BCUT2D eigenvalue weighted by molar-refractivity contribution is 7.92. The zero-order valence-corrected chi connectivity index (χ0v) is 27.7. The molecular weight excluding hydrogens is 606 g/mol. The Hall–Kier alpha value is -4.14. The SMILES string of the molecule is Cc1ccc(N(CC(=O)N(Cc2ccc(Cl)cc2)[C@H](Cc2ccccc2)C(=O)NCC(C)C)S(=O)(=O)c2ccc(C)cc2)cc1.